The molecule has 54 valence electrons. The van der Waals surface area contributed by atoms with Crippen LogP contribution < -0.4 is 0 Å². The normalized spacial score (nSPS) is 9.11. The zero-order valence-electron chi connectivity index (χ0n) is 5.42. The zero-order chi connectivity index (χ0) is 7.11. The summed E-state index contributed by atoms with van der Waals surface area (Å²) >= 11 is 1.71. The van der Waals surface area contributed by atoms with Crippen LogP contribution in [0.2, 0.25) is 0 Å². The van der Waals surface area contributed by atoms with Crippen molar-refractivity contribution in [2.75, 3.05) is 18.4 Å². The maximum Gasteiger partial charge on any atom is 0.306 e. The van der Waals surface area contributed by atoms with Gasteiger partial charge < -0.3 is 4.74 Å². The van der Waals surface area contributed by atoms with E-state index in [1.54, 1.807) is 11.8 Å². The second kappa shape index (κ2) is 6.37. The van der Waals surface area contributed by atoms with Crippen molar-refractivity contribution in [3.05, 3.63) is 0 Å². The Labute approximate surface area is 61.9 Å². The van der Waals surface area contributed by atoms with Gasteiger partial charge in [-0.1, -0.05) is 0 Å². The van der Waals surface area contributed by atoms with Gasteiger partial charge >= 0.3 is 5.97 Å². The standard InChI is InChI=1S/C5H11O2PS/c1-7-5(6)2-3-9-4-8/h2-4,8H2,1H3. The van der Waals surface area contributed by atoms with Crippen molar-refractivity contribution in [2.45, 2.75) is 6.42 Å². The molecule has 0 rings (SSSR count). The average Bonchev–Trinajstić information content (AvgIpc) is 1.89. The van der Waals surface area contributed by atoms with E-state index >= 15 is 0 Å². The average molecular weight is 166 g/mol. The summed E-state index contributed by atoms with van der Waals surface area (Å²) in [4.78, 5) is 10.4. The molecule has 1 unspecified atom stereocenters. The fourth-order valence-corrected chi connectivity index (χ4v) is 1.32. The Morgan fingerprint density at radius 3 is 2.89 bits per heavy atom. The molecule has 0 fully saturated rings. The van der Waals surface area contributed by atoms with Gasteiger partial charge in [0.1, 0.15) is 0 Å². The number of carbonyl (C=O) groups excluding carboxylic acids is 1. The van der Waals surface area contributed by atoms with E-state index in [0.717, 1.165) is 11.2 Å². The monoisotopic (exact) mass is 166 g/mol. The summed E-state index contributed by atoms with van der Waals surface area (Å²) in [6.07, 6.45) is 0.523. The van der Waals surface area contributed by atoms with E-state index in [2.05, 4.69) is 14.0 Å². The number of hydrogen-bond donors (Lipinski definition) is 0. The van der Waals surface area contributed by atoms with Gasteiger partial charge in [0, 0.05) is 11.2 Å². The van der Waals surface area contributed by atoms with Gasteiger partial charge in [-0.2, -0.15) is 11.8 Å². The summed E-state index contributed by atoms with van der Waals surface area (Å²) < 4.78 is 4.44. The molecule has 0 aliphatic rings. The highest BCUT2D eigenvalue weighted by Gasteiger charge is 1.96. The van der Waals surface area contributed by atoms with E-state index < -0.39 is 0 Å². The lowest BCUT2D eigenvalue weighted by atomic mass is 10.5. The molecule has 0 aliphatic heterocycles. The van der Waals surface area contributed by atoms with Crippen LogP contribution >= 0.6 is 21.0 Å². The summed E-state index contributed by atoms with van der Waals surface area (Å²) in [7, 11) is 4.00. The SMILES string of the molecule is COC(=O)CCSCP. The molecule has 0 N–H and O–H groups in total. The molecule has 0 spiro atoms. The highest BCUT2D eigenvalue weighted by molar-refractivity contribution is 8.02. The highest BCUT2D eigenvalue weighted by Crippen LogP contribution is 2.05. The van der Waals surface area contributed by atoms with E-state index in [9.17, 15) is 4.79 Å². The largest absolute Gasteiger partial charge is 0.469 e. The maximum atomic E-state index is 10.4. The molecule has 2 nitrogen and oxygen atoms in total. The molecule has 0 radical (unpaired) electrons. The molecule has 9 heavy (non-hydrogen) atoms. The quantitative estimate of drug-likeness (QED) is 0.355. The molecule has 0 bridgehead atoms. The Kier molecular flexibility index (Phi) is 6.55. The van der Waals surface area contributed by atoms with Gasteiger partial charge in [-0.15, -0.1) is 9.24 Å². The van der Waals surface area contributed by atoms with Gasteiger partial charge in [0.15, 0.2) is 0 Å². The highest BCUT2D eigenvalue weighted by atomic mass is 32.2. The Balaban J connectivity index is 2.97. The lowest BCUT2D eigenvalue weighted by Gasteiger charge is -1.95. The molecular weight excluding hydrogens is 155 g/mol. The lowest BCUT2D eigenvalue weighted by molar-refractivity contribution is -0.140. The summed E-state index contributed by atoms with van der Waals surface area (Å²) in [5.41, 5.74) is 0.983. The minimum atomic E-state index is -0.124. The first-order chi connectivity index (χ1) is 4.31. The lowest BCUT2D eigenvalue weighted by Crippen LogP contribution is -2.00. The van der Waals surface area contributed by atoms with Crippen molar-refractivity contribution in [1.82, 2.24) is 0 Å². The van der Waals surface area contributed by atoms with Crippen molar-refractivity contribution in [2.24, 2.45) is 0 Å². The molecule has 0 saturated heterocycles. The second-order valence-corrected chi connectivity index (χ2v) is 3.55. The molecule has 0 aromatic heterocycles. The van der Waals surface area contributed by atoms with Crippen molar-refractivity contribution < 1.29 is 9.53 Å². The van der Waals surface area contributed by atoms with Gasteiger partial charge in [-0.05, 0) is 0 Å². The summed E-state index contributed by atoms with van der Waals surface area (Å²) in [5.74, 6) is 0.733. The summed E-state index contributed by atoms with van der Waals surface area (Å²) in [5, 5.41) is 0. The van der Waals surface area contributed by atoms with E-state index in [1.165, 1.54) is 7.11 Å². The van der Waals surface area contributed by atoms with Crippen molar-refractivity contribution >= 4 is 27.0 Å². The minimum Gasteiger partial charge on any atom is -0.469 e. The van der Waals surface area contributed by atoms with Gasteiger partial charge in [0.2, 0.25) is 0 Å². The topological polar surface area (TPSA) is 26.3 Å². The smallest absolute Gasteiger partial charge is 0.306 e. The number of ether oxygens (including phenoxy) is 1. The number of hydrogen-bond acceptors (Lipinski definition) is 3. The number of thioether (sulfide) groups is 1. The van der Waals surface area contributed by atoms with Crippen LogP contribution in [0.25, 0.3) is 0 Å². The Bertz CT molecular complexity index is 87.0. The molecule has 0 aromatic carbocycles. The molecule has 0 aliphatic carbocycles. The summed E-state index contributed by atoms with van der Waals surface area (Å²) in [6.45, 7) is 0. The van der Waals surface area contributed by atoms with Crippen LogP contribution in [-0.4, -0.2) is 24.3 Å². The number of esters is 1. The van der Waals surface area contributed by atoms with Crippen molar-refractivity contribution in [3.8, 4) is 0 Å². The maximum absolute atomic E-state index is 10.4. The minimum absolute atomic E-state index is 0.124. The molecule has 0 heterocycles. The third-order valence-electron chi connectivity index (χ3n) is 0.796. The van der Waals surface area contributed by atoms with E-state index in [0.29, 0.717) is 6.42 Å². The Morgan fingerprint density at radius 1 is 1.78 bits per heavy atom. The van der Waals surface area contributed by atoms with E-state index in [1.807, 2.05) is 0 Å². The van der Waals surface area contributed by atoms with Crippen LogP contribution in [0.15, 0.2) is 0 Å². The molecule has 4 heteroatoms. The van der Waals surface area contributed by atoms with Crippen LogP contribution in [0.5, 0.6) is 0 Å². The molecular formula is C5H11O2PS. The van der Waals surface area contributed by atoms with Crippen LogP contribution in [0.1, 0.15) is 6.42 Å². The third-order valence-corrected chi connectivity index (χ3v) is 2.23. The van der Waals surface area contributed by atoms with Crippen molar-refractivity contribution in [1.29, 1.82) is 0 Å². The fraction of sp³-hybridized carbons (Fsp3) is 0.800. The Hall–Kier alpha value is 0.250. The van der Waals surface area contributed by atoms with Crippen molar-refractivity contribution in [3.63, 3.8) is 0 Å². The number of carbonyl (C=O) groups is 1. The molecule has 0 amide bonds. The molecule has 1 atom stereocenters. The number of methoxy groups -OCH3 is 1. The van der Waals surface area contributed by atoms with Crippen LogP contribution in [0.4, 0.5) is 0 Å². The van der Waals surface area contributed by atoms with E-state index in [-0.39, 0.29) is 5.97 Å². The first-order valence-corrected chi connectivity index (χ1v) is 4.63. The molecule has 0 saturated carbocycles. The van der Waals surface area contributed by atoms with Gasteiger partial charge in [0.05, 0.1) is 13.5 Å². The Morgan fingerprint density at radius 2 is 2.44 bits per heavy atom. The predicted molar refractivity (Wildman–Crippen MR) is 43.7 cm³/mol. The first-order valence-electron chi connectivity index (χ1n) is 2.66. The van der Waals surface area contributed by atoms with Crippen LogP contribution in [-0.2, 0) is 9.53 Å². The van der Waals surface area contributed by atoms with Gasteiger partial charge in [0.25, 0.3) is 0 Å². The fourth-order valence-electron chi connectivity index (χ4n) is 0.341. The van der Waals surface area contributed by atoms with Gasteiger partial charge in [-0.25, -0.2) is 0 Å². The van der Waals surface area contributed by atoms with Crippen LogP contribution in [0.3, 0.4) is 0 Å². The second-order valence-electron chi connectivity index (χ2n) is 1.40. The summed E-state index contributed by atoms with van der Waals surface area (Å²) in [6, 6.07) is 0. The predicted octanol–water partition coefficient (Wildman–Crippen LogP) is 1.12. The van der Waals surface area contributed by atoms with E-state index in [4.69, 9.17) is 0 Å². The zero-order valence-corrected chi connectivity index (χ0v) is 7.39. The number of rotatable bonds is 4. The van der Waals surface area contributed by atoms with Gasteiger partial charge in [-0.3, -0.25) is 4.79 Å². The first kappa shape index (κ1) is 9.25. The van der Waals surface area contributed by atoms with Crippen LogP contribution in [0, 0.1) is 0 Å². The third kappa shape index (κ3) is 6.13. The molecule has 0 aromatic rings.